The van der Waals surface area contributed by atoms with E-state index >= 15 is 0 Å². The van der Waals surface area contributed by atoms with Crippen LogP contribution < -0.4 is 5.32 Å². The van der Waals surface area contributed by atoms with Crippen LogP contribution >= 0.6 is 0 Å². The van der Waals surface area contributed by atoms with E-state index in [0.29, 0.717) is 19.4 Å². The Morgan fingerprint density at radius 3 is 0.975 bits per heavy atom. The van der Waals surface area contributed by atoms with Gasteiger partial charge in [0.1, 0.15) is 0 Å². The summed E-state index contributed by atoms with van der Waals surface area (Å²) in [6.45, 7) is 4.90. The number of rotatable bonds is 68. The Balaban J connectivity index is 3.36. The Morgan fingerprint density at radius 2 is 0.617 bits per heavy atom. The maximum Gasteiger partial charge on any atom is 0.305 e. The molecule has 6 heteroatoms. The van der Waals surface area contributed by atoms with Gasteiger partial charge in [0.15, 0.2) is 0 Å². The van der Waals surface area contributed by atoms with Crippen molar-refractivity contribution in [1.82, 2.24) is 5.32 Å². The lowest BCUT2D eigenvalue weighted by molar-refractivity contribution is -0.143. The van der Waals surface area contributed by atoms with Gasteiger partial charge < -0.3 is 20.3 Å². The van der Waals surface area contributed by atoms with Crippen molar-refractivity contribution in [3.63, 3.8) is 0 Å². The fourth-order valence-corrected chi connectivity index (χ4v) is 11.3. The maximum absolute atomic E-state index is 12.5. The molecule has 0 aromatic rings. The minimum Gasteiger partial charge on any atom is -0.466 e. The van der Waals surface area contributed by atoms with Crippen molar-refractivity contribution in [2.45, 2.75) is 405 Å². The molecule has 81 heavy (non-hydrogen) atoms. The van der Waals surface area contributed by atoms with Gasteiger partial charge in [0, 0.05) is 12.8 Å². The number of hydrogen-bond donors (Lipinski definition) is 3. The van der Waals surface area contributed by atoms with Gasteiger partial charge in [0.25, 0.3) is 0 Å². The molecule has 476 valence electrons. The first-order valence-electron chi connectivity index (χ1n) is 36.4. The van der Waals surface area contributed by atoms with E-state index in [9.17, 15) is 19.8 Å². The molecule has 0 saturated heterocycles. The molecule has 0 aliphatic rings. The second-order valence-corrected chi connectivity index (χ2v) is 24.9. The number of ether oxygens (including phenoxy) is 1. The fourth-order valence-electron chi connectivity index (χ4n) is 11.3. The Bertz CT molecular complexity index is 1360. The molecule has 6 nitrogen and oxygen atoms in total. The highest BCUT2D eigenvalue weighted by Crippen LogP contribution is 2.18. The molecule has 0 saturated carbocycles. The molecule has 0 spiro atoms. The number of aliphatic hydroxyl groups excluding tert-OH is 2. The number of unbranched alkanes of at least 4 members (excludes halogenated alkanes) is 51. The molecular formula is C75H141NO5. The molecular weight excluding hydrogens is 995 g/mol. The normalized spacial score (nSPS) is 12.8. The van der Waals surface area contributed by atoms with E-state index in [1.165, 1.54) is 315 Å². The molecule has 0 rings (SSSR count). The molecule has 2 unspecified atom stereocenters. The molecule has 0 bridgehead atoms. The molecule has 0 aliphatic heterocycles. The molecule has 0 fully saturated rings. The molecule has 1 amide bonds. The third-order valence-corrected chi connectivity index (χ3v) is 16.8. The lowest BCUT2D eigenvalue weighted by Crippen LogP contribution is -2.45. The number of aliphatic hydroxyl groups is 2. The lowest BCUT2D eigenvalue weighted by atomic mass is 10.0. The van der Waals surface area contributed by atoms with Crippen molar-refractivity contribution in [3.8, 4) is 0 Å². The minimum atomic E-state index is -0.842. The van der Waals surface area contributed by atoms with Crippen LogP contribution in [0.2, 0.25) is 0 Å². The monoisotopic (exact) mass is 1140 g/mol. The zero-order valence-corrected chi connectivity index (χ0v) is 54.5. The van der Waals surface area contributed by atoms with Gasteiger partial charge in [-0.2, -0.15) is 0 Å². The van der Waals surface area contributed by atoms with Gasteiger partial charge in [-0.15, -0.1) is 0 Å². The average Bonchev–Trinajstić information content (AvgIpc) is 3.47. The van der Waals surface area contributed by atoms with Crippen LogP contribution in [0.4, 0.5) is 0 Å². The van der Waals surface area contributed by atoms with Crippen molar-refractivity contribution < 1.29 is 24.5 Å². The minimum absolute atomic E-state index is 0.0100. The summed E-state index contributed by atoms with van der Waals surface area (Å²) in [7, 11) is 0. The zero-order chi connectivity index (χ0) is 58.5. The van der Waals surface area contributed by atoms with Gasteiger partial charge in [-0.1, -0.05) is 339 Å². The largest absolute Gasteiger partial charge is 0.466 e. The SMILES string of the molecule is CCCCC/C=C\CCCCCCCC(=O)OCCCCCCCCCCCCCCCCC/C=C\C/C=C\CCCCCCCCCCCCCCCCCCCC(=O)NC(CO)C(O)/C=C/CCCCCCCCCCCCC. The van der Waals surface area contributed by atoms with E-state index in [-0.39, 0.29) is 18.5 Å². The molecule has 2 atom stereocenters. The molecule has 3 N–H and O–H groups in total. The standard InChI is InChI=1S/C75H141NO5/c1-3-5-7-9-11-13-15-44-47-51-55-59-63-67-73(78)72(71-77)76-74(79)68-64-60-56-52-48-45-42-40-38-36-34-32-30-28-26-24-22-20-18-17-19-21-23-25-27-29-31-33-35-37-39-41-43-46-50-54-58-62-66-70-81-75(80)69-65-61-57-53-49-16-14-12-10-8-6-4-2/h12,14,17-18,21,23,63,67,72-73,77-78H,3-11,13,15-16,19-20,22,24-62,64-66,68-71H2,1-2H3,(H,76,79)/b14-12-,18-17-,23-21-,67-63+. The van der Waals surface area contributed by atoms with E-state index in [4.69, 9.17) is 4.74 Å². The van der Waals surface area contributed by atoms with Crippen molar-refractivity contribution in [1.29, 1.82) is 0 Å². The highest BCUT2D eigenvalue weighted by Gasteiger charge is 2.18. The third-order valence-electron chi connectivity index (χ3n) is 16.8. The summed E-state index contributed by atoms with van der Waals surface area (Å²) in [6.07, 6.45) is 92.2. The highest BCUT2D eigenvalue weighted by atomic mass is 16.5. The van der Waals surface area contributed by atoms with Crippen LogP contribution in [0.15, 0.2) is 48.6 Å². The van der Waals surface area contributed by atoms with Crippen LogP contribution in [0.25, 0.3) is 0 Å². The number of carbonyl (C=O) groups is 2. The van der Waals surface area contributed by atoms with Crippen LogP contribution in [-0.2, 0) is 14.3 Å². The average molecular weight is 1140 g/mol. The summed E-state index contributed by atoms with van der Waals surface area (Å²) in [5.41, 5.74) is 0. The Labute approximate surface area is 506 Å². The quantitative estimate of drug-likeness (QED) is 0.0320. The van der Waals surface area contributed by atoms with E-state index in [1.807, 2.05) is 6.08 Å². The summed E-state index contributed by atoms with van der Waals surface area (Å²) in [5.74, 6) is -0.0538. The van der Waals surface area contributed by atoms with Gasteiger partial charge in [0.2, 0.25) is 5.91 Å². The predicted octanol–water partition coefficient (Wildman–Crippen LogP) is 23.6. The maximum atomic E-state index is 12.5. The second-order valence-electron chi connectivity index (χ2n) is 24.9. The van der Waals surface area contributed by atoms with Crippen LogP contribution in [0.5, 0.6) is 0 Å². The third kappa shape index (κ3) is 66.8. The number of hydrogen-bond acceptors (Lipinski definition) is 5. The van der Waals surface area contributed by atoms with Gasteiger partial charge in [-0.05, 0) is 89.9 Å². The van der Waals surface area contributed by atoms with E-state index < -0.39 is 12.1 Å². The van der Waals surface area contributed by atoms with Gasteiger partial charge in [-0.3, -0.25) is 9.59 Å². The number of nitrogens with one attached hydrogen (secondary N) is 1. The summed E-state index contributed by atoms with van der Waals surface area (Å²) in [4.78, 5) is 24.5. The topological polar surface area (TPSA) is 95.9 Å². The second kappa shape index (κ2) is 70.3. The molecule has 0 radical (unpaired) electrons. The van der Waals surface area contributed by atoms with Crippen LogP contribution in [0.1, 0.15) is 393 Å². The summed E-state index contributed by atoms with van der Waals surface area (Å²) >= 11 is 0. The van der Waals surface area contributed by atoms with Gasteiger partial charge in [0.05, 0.1) is 25.4 Å². The van der Waals surface area contributed by atoms with E-state index in [1.54, 1.807) is 6.08 Å². The first-order valence-corrected chi connectivity index (χ1v) is 36.4. The van der Waals surface area contributed by atoms with Crippen molar-refractivity contribution >= 4 is 11.9 Å². The van der Waals surface area contributed by atoms with E-state index in [2.05, 4.69) is 55.6 Å². The lowest BCUT2D eigenvalue weighted by Gasteiger charge is -2.20. The summed E-state index contributed by atoms with van der Waals surface area (Å²) < 4.78 is 5.48. The molecule has 0 aliphatic carbocycles. The van der Waals surface area contributed by atoms with Crippen LogP contribution in [0, 0.1) is 0 Å². The van der Waals surface area contributed by atoms with Gasteiger partial charge in [-0.25, -0.2) is 0 Å². The smallest absolute Gasteiger partial charge is 0.305 e. The first-order chi connectivity index (χ1) is 40.0. The van der Waals surface area contributed by atoms with Crippen molar-refractivity contribution in [2.75, 3.05) is 13.2 Å². The van der Waals surface area contributed by atoms with Gasteiger partial charge >= 0.3 is 5.97 Å². The first kappa shape index (κ1) is 78.8. The van der Waals surface area contributed by atoms with Crippen LogP contribution in [0.3, 0.4) is 0 Å². The van der Waals surface area contributed by atoms with Crippen LogP contribution in [-0.4, -0.2) is 47.4 Å². The van der Waals surface area contributed by atoms with Crippen molar-refractivity contribution in [2.24, 2.45) is 0 Å². The molecule has 0 heterocycles. The molecule has 0 aromatic heterocycles. The number of allylic oxidation sites excluding steroid dienone is 7. The Kier molecular flexibility index (Phi) is 68.4. The predicted molar refractivity (Wildman–Crippen MR) is 356 cm³/mol. The fraction of sp³-hybridized carbons (Fsp3) is 0.867. The number of amides is 1. The Hall–Kier alpha value is -2.18. The highest BCUT2D eigenvalue weighted by molar-refractivity contribution is 5.76. The number of carbonyl (C=O) groups excluding carboxylic acids is 2. The number of esters is 1. The summed E-state index contributed by atoms with van der Waals surface area (Å²) in [6, 6.07) is -0.625. The summed E-state index contributed by atoms with van der Waals surface area (Å²) in [5, 5.41) is 23.1. The van der Waals surface area contributed by atoms with E-state index in [0.717, 1.165) is 51.4 Å². The zero-order valence-electron chi connectivity index (χ0n) is 54.5. The van der Waals surface area contributed by atoms with Crippen molar-refractivity contribution in [3.05, 3.63) is 48.6 Å². The Morgan fingerprint density at radius 1 is 0.346 bits per heavy atom. The molecule has 0 aromatic carbocycles.